The molecule has 0 radical (unpaired) electrons. The summed E-state index contributed by atoms with van der Waals surface area (Å²) in [5.41, 5.74) is 2.64. The molecule has 0 saturated carbocycles. The summed E-state index contributed by atoms with van der Waals surface area (Å²) in [6, 6.07) is 8.70. The Balaban J connectivity index is 2.19. The number of carbonyl (C=O) groups is 1. The van der Waals surface area contributed by atoms with Crippen molar-refractivity contribution in [1.82, 2.24) is 0 Å². The molecule has 1 N–H and O–H groups in total. The van der Waals surface area contributed by atoms with E-state index < -0.39 is 5.97 Å². The molecule has 1 rings (SSSR count). The Hall–Kier alpha value is -1.57. The molecule has 0 aromatic heterocycles. The minimum Gasteiger partial charge on any atom is -0.481 e. The van der Waals surface area contributed by atoms with E-state index in [0.29, 0.717) is 6.42 Å². The van der Waals surface area contributed by atoms with E-state index in [1.165, 1.54) is 17.5 Å². The Morgan fingerprint density at radius 2 is 1.89 bits per heavy atom. The van der Waals surface area contributed by atoms with Crippen molar-refractivity contribution >= 4 is 12.0 Å². The molecule has 0 aliphatic carbocycles. The number of allylic oxidation sites excluding steroid dienone is 1. The monoisotopic (exact) mass is 260 g/mol. The summed E-state index contributed by atoms with van der Waals surface area (Å²) in [5, 5.41) is 8.51. The number of unbranched alkanes of at least 4 members (excludes halogenated alkanes) is 3. The number of carboxylic acids is 1. The van der Waals surface area contributed by atoms with Crippen LogP contribution < -0.4 is 0 Å². The van der Waals surface area contributed by atoms with Crippen LogP contribution in [0.5, 0.6) is 0 Å². The first-order chi connectivity index (χ1) is 9.22. The molecule has 0 atom stereocenters. The molecule has 2 heteroatoms. The summed E-state index contributed by atoms with van der Waals surface area (Å²) in [4.78, 5) is 10.3. The quantitative estimate of drug-likeness (QED) is 0.654. The van der Waals surface area contributed by atoms with Crippen LogP contribution in [0.2, 0.25) is 0 Å². The van der Waals surface area contributed by atoms with E-state index in [4.69, 9.17) is 5.11 Å². The van der Waals surface area contributed by atoms with Gasteiger partial charge in [-0.1, -0.05) is 56.2 Å². The number of hydrogen-bond acceptors (Lipinski definition) is 1. The van der Waals surface area contributed by atoms with Crippen molar-refractivity contribution in [2.75, 3.05) is 0 Å². The highest BCUT2D eigenvalue weighted by molar-refractivity contribution is 5.66. The fourth-order valence-electron chi connectivity index (χ4n) is 2.02. The maximum atomic E-state index is 10.3. The third-order valence-electron chi connectivity index (χ3n) is 3.09. The molecule has 0 bridgehead atoms. The third-order valence-corrected chi connectivity index (χ3v) is 3.09. The number of rotatable bonds is 9. The van der Waals surface area contributed by atoms with Crippen molar-refractivity contribution in [1.29, 1.82) is 0 Å². The highest BCUT2D eigenvalue weighted by Crippen LogP contribution is 2.10. The Morgan fingerprint density at radius 1 is 1.16 bits per heavy atom. The molecule has 19 heavy (non-hydrogen) atoms. The van der Waals surface area contributed by atoms with Gasteiger partial charge in [0.2, 0.25) is 0 Å². The van der Waals surface area contributed by atoms with Gasteiger partial charge in [-0.3, -0.25) is 4.79 Å². The van der Waals surface area contributed by atoms with Gasteiger partial charge in [0.15, 0.2) is 0 Å². The van der Waals surface area contributed by atoms with Crippen LogP contribution in [0.4, 0.5) is 0 Å². The molecule has 1 aromatic rings. The highest BCUT2D eigenvalue weighted by Gasteiger charge is 1.95. The molecule has 2 nitrogen and oxygen atoms in total. The minimum absolute atomic E-state index is 0.294. The van der Waals surface area contributed by atoms with E-state index in [9.17, 15) is 4.79 Å². The standard InChI is InChI=1S/C17H24O2/c1-2-8-15-11-13-16(14-12-15)9-6-4-3-5-7-10-17(18)19/h6,9,11-14H,2-5,7-8,10H2,1H3,(H,18,19)/b9-6+. The molecule has 0 fully saturated rings. The maximum Gasteiger partial charge on any atom is 0.303 e. The fraction of sp³-hybridized carbons (Fsp3) is 0.471. The molecule has 104 valence electrons. The largest absolute Gasteiger partial charge is 0.481 e. The lowest BCUT2D eigenvalue weighted by Crippen LogP contribution is -1.93. The Kier molecular flexibility index (Phi) is 7.64. The molecule has 0 amide bonds. The summed E-state index contributed by atoms with van der Waals surface area (Å²) in [6.07, 6.45) is 10.8. The van der Waals surface area contributed by atoms with Gasteiger partial charge in [0, 0.05) is 6.42 Å². The van der Waals surface area contributed by atoms with Crippen molar-refractivity contribution in [2.24, 2.45) is 0 Å². The summed E-state index contributed by atoms with van der Waals surface area (Å²) in [7, 11) is 0. The number of aliphatic carboxylic acids is 1. The number of hydrogen-bond donors (Lipinski definition) is 1. The van der Waals surface area contributed by atoms with Gasteiger partial charge in [-0.15, -0.1) is 0 Å². The minimum atomic E-state index is -0.692. The van der Waals surface area contributed by atoms with Gasteiger partial charge in [-0.25, -0.2) is 0 Å². The predicted octanol–water partition coefficient (Wildman–Crippen LogP) is 4.69. The number of carboxylic acid groups (broad SMARTS) is 1. The van der Waals surface area contributed by atoms with Gasteiger partial charge < -0.3 is 5.11 Å². The first-order valence-corrected chi connectivity index (χ1v) is 7.19. The van der Waals surface area contributed by atoms with Crippen molar-refractivity contribution in [3.8, 4) is 0 Å². The smallest absolute Gasteiger partial charge is 0.303 e. The van der Waals surface area contributed by atoms with E-state index in [2.05, 4.69) is 43.3 Å². The second kappa shape index (κ2) is 9.37. The zero-order chi connectivity index (χ0) is 13.9. The zero-order valence-corrected chi connectivity index (χ0v) is 11.8. The van der Waals surface area contributed by atoms with Crippen LogP contribution in [0.15, 0.2) is 30.3 Å². The maximum absolute atomic E-state index is 10.3. The van der Waals surface area contributed by atoms with Crippen LogP contribution in [-0.2, 0) is 11.2 Å². The van der Waals surface area contributed by atoms with Crippen molar-refractivity contribution in [3.05, 3.63) is 41.5 Å². The van der Waals surface area contributed by atoms with Crippen LogP contribution in [0, 0.1) is 0 Å². The summed E-state index contributed by atoms with van der Waals surface area (Å²) >= 11 is 0. The molecular formula is C17H24O2. The lowest BCUT2D eigenvalue weighted by Gasteiger charge is -1.99. The summed E-state index contributed by atoms with van der Waals surface area (Å²) < 4.78 is 0. The van der Waals surface area contributed by atoms with E-state index in [-0.39, 0.29) is 0 Å². The normalized spacial score (nSPS) is 11.0. The Morgan fingerprint density at radius 3 is 2.53 bits per heavy atom. The summed E-state index contributed by atoms with van der Waals surface area (Å²) in [6.45, 7) is 2.19. The molecule has 1 aromatic carbocycles. The molecule has 0 spiro atoms. The fourth-order valence-corrected chi connectivity index (χ4v) is 2.02. The lowest BCUT2D eigenvalue weighted by molar-refractivity contribution is -0.137. The predicted molar refractivity (Wildman–Crippen MR) is 80.2 cm³/mol. The van der Waals surface area contributed by atoms with Gasteiger partial charge in [0.05, 0.1) is 0 Å². The summed E-state index contributed by atoms with van der Waals surface area (Å²) in [5.74, 6) is -0.692. The van der Waals surface area contributed by atoms with Crippen LogP contribution in [0.1, 0.15) is 56.6 Å². The number of aryl methyl sites for hydroxylation is 1. The molecule has 0 aliphatic heterocycles. The van der Waals surface area contributed by atoms with E-state index in [1.54, 1.807) is 0 Å². The number of benzene rings is 1. The van der Waals surface area contributed by atoms with Crippen LogP contribution in [0.25, 0.3) is 6.08 Å². The second-order valence-electron chi connectivity index (χ2n) is 4.89. The van der Waals surface area contributed by atoms with Crippen molar-refractivity contribution in [3.63, 3.8) is 0 Å². The highest BCUT2D eigenvalue weighted by atomic mass is 16.4. The van der Waals surface area contributed by atoms with Crippen LogP contribution in [0.3, 0.4) is 0 Å². The average Bonchev–Trinajstić information content (AvgIpc) is 2.39. The van der Waals surface area contributed by atoms with Gasteiger partial charge >= 0.3 is 5.97 Å². The molecule has 0 aliphatic rings. The van der Waals surface area contributed by atoms with Gasteiger partial charge in [0.25, 0.3) is 0 Å². The molecule has 0 heterocycles. The zero-order valence-electron chi connectivity index (χ0n) is 11.8. The van der Waals surface area contributed by atoms with Crippen LogP contribution in [-0.4, -0.2) is 11.1 Å². The van der Waals surface area contributed by atoms with Crippen molar-refractivity contribution in [2.45, 2.75) is 51.9 Å². The Labute approximate surface area is 116 Å². The van der Waals surface area contributed by atoms with Crippen molar-refractivity contribution < 1.29 is 9.90 Å². The second-order valence-corrected chi connectivity index (χ2v) is 4.89. The van der Waals surface area contributed by atoms with E-state index in [1.807, 2.05) is 0 Å². The SMILES string of the molecule is CCCc1ccc(/C=C/CCCCCC(=O)O)cc1. The van der Waals surface area contributed by atoms with Gasteiger partial charge in [0.1, 0.15) is 0 Å². The van der Waals surface area contributed by atoms with Gasteiger partial charge in [-0.05, 0) is 36.8 Å². The first kappa shape index (κ1) is 15.5. The lowest BCUT2D eigenvalue weighted by atomic mass is 10.1. The molecule has 0 unspecified atom stereocenters. The average molecular weight is 260 g/mol. The van der Waals surface area contributed by atoms with Crippen LogP contribution >= 0.6 is 0 Å². The van der Waals surface area contributed by atoms with E-state index in [0.717, 1.165) is 32.1 Å². The topological polar surface area (TPSA) is 37.3 Å². The van der Waals surface area contributed by atoms with E-state index >= 15 is 0 Å². The molecule has 0 saturated heterocycles. The third kappa shape index (κ3) is 7.45. The molecular weight excluding hydrogens is 236 g/mol. The first-order valence-electron chi connectivity index (χ1n) is 7.19. The van der Waals surface area contributed by atoms with Gasteiger partial charge in [-0.2, -0.15) is 0 Å². The Bertz CT molecular complexity index is 390.